The van der Waals surface area contributed by atoms with Crippen LogP contribution in [0.25, 0.3) is 10.9 Å². The second-order valence-electron chi connectivity index (χ2n) is 3.15. The van der Waals surface area contributed by atoms with Gasteiger partial charge in [0.2, 0.25) is 0 Å². The van der Waals surface area contributed by atoms with E-state index in [0.29, 0.717) is 5.82 Å². The van der Waals surface area contributed by atoms with Crippen molar-refractivity contribution in [3.05, 3.63) is 36.3 Å². The van der Waals surface area contributed by atoms with Gasteiger partial charge in [-0.05, 0) is 6.07 Å². The molecule has 0 radical (unpaired) electrons. The molecule has 0 fully saturated rings. The van der Waals surface area contributed by atoms with Crippen molar-refractivity contribution in [2.75, 3.05) is 6.61 Å². The van der Waals surface area contributed by atoms with E-state index in [0.717, 1.165) is 10.9 Å². The van der Waals surface area contributed by atoms with Crippen LogP contribution in [-0.2, 0) is 0 Å². The number of nitriles is 1. The molecule has 74 valence electrons. The van der Waals surface area contributed by atoms with Crippen LogP contribution in [0.5, 0.6) is 0 Å². The molecule has 0 spiro atoms. The van der Waals surface area contributed by atoms with Gasteiger partial charge in [-0.25, -0.2) is 9.97 Å². The van der Waals surface area contributed by atoms with Crippen LogP contribution in [0.1, 0.15) is 11.7 Å². The zero-order valence-corrected chi connectivity index (χ0v) is 7.96. The van der Waals surface area contributed by atoms with Gasteiger partial charge in [0.1, 0.15) is 11.7 Å². The molecule has 0 aliphatic rings. The summed E-state index contributed by atoms with van der Waals surface area (Å²) in [6.45, 7) is -0.255. The van der Waals surface area contributed by atoms with Gasteiger partial charge in [-0.2, -0.15) is 5.26 Å². The number of aliphatic hydroxyl groups is 1. The highest BCUT2D eigenvalue weighted by atomic mass is 16.3. The van der Waals surface area contributed by atoms with Gasteiger partial charge in [-0.15, -0.1) is 0 Å². The van der Waals surface area contributed by atoms with Crippen LogP contribution in [0.4, 0.5) is 0 Å². The topological polar surface area (TPSA) is 69.8 Å². The van der Waals surface area contributed by atoms with Crippen molar-refractivity contribution in [2.24, 2.45) is 0 Å². The fourth-order valence-electron chi connectivity index (χ4n) is 1.33. The van der Waals surface area contributed by atoms with Crippen LogP contribution in [-0.4, -0.2) is 21.7 Å². The number of nitrogens with zero attached hydrogens (tertiary/aromatic N) is 3. The Morgan fingerprint density at radius 1 is 1.40 bits per heavy atom. The summed E-state index contributed by atoms with van der Waals surface area (Å²) in [6, 6.07) is 9.49. The van der Waals surface area contributed by atoms with Crippen molar-refractivity contribution >= 4 is 10.9 Å². The number of aromatic nitrogens is 2. The SMILES string of the molecule is N#CC(CO)c1ncc2ccccc2n1. The number of fused-ring (bicyclic) bond motifs is 1. The van der Waals surface area contributed by atoms with Gasteiger partial charge < -0.3 is 5.11 Å². The third kappa shape index (κ3) is 1.78. The number of aliphatic hydroxyl groups excluding tert-OH is 1. The average molecular weight is 199 g/mol. The second-order valence-corrected chi connectivity index (χ2v) is 3.15. The Morgan fingerprint density at radius 3 is 2.93 bits per heavy atom. The molecular formula is C11H9N3O. The van der Waals surface area contributed by atoms with E-state index in [1.54, 1.807) is 6.20 Å². The summed E-state index contributed by atoms with van der Waals surface area (Å²) in [5.41, 5.74) is 0.788. The van der Waals surface area contributed by atoms with Gasteiger partial charge in [-0.1, -0.05) is 18.2 Å². The quantitative estimate of drug-likeness (QED) is 0.789. The molecule has 0 saturated carbocycles. The predicted molar refractivity (Wildman–Crippen MR) is 55.0 cm³/mol. The highest BCUT2D eigenvalue weighted by molar-refractivity contribution is 5.77. The normalized spacial score (nSPS) is 12.3. The molecule has 4 nitrogen and oxygen atoms in total. The molecule has 0 aliphatic carbocycles. The summed E-state index contributed by atoms with van der Waals surface area (Å²) in [5.74, 6) is -0.270. The lowest BCUT2D eigenvalue weighted by Crippen LogP contribution is -2.06. The van der Waals surface area contributed by atoms with E-state index in [9.17, 15) is 0 Å². The third-order valence-electron chi connectivity index (χ3n) is 2.16. The minimum atomic E-state index is -0.644. The largest absolute Gasteiger partial charge is 0.395 e. The summed E-state index contributed by atoms with van der Waals surface area (Å²) in [4.78, 5) is 8.28. The molecular weight excluding hydrogens is 190 g/mol. The van der Waals surface area contributed by atoms with Crippen LogP contribution in [0, 0.1) is 11.3 Å². The lowest BCUT2D eigenvalue weighted by molar-refractivity contribution is 0.282. The molecule has 1 N–H and O–H groups in total. The Labute approximate surface area is 86.8 Å². The first-order valence-corrected chi connectivity index (χ1v) is 4.57. The van der Waals surface area contributed by atoms with Crippen molar-refractivity contribution < 1.29 is 5.11 Å². The molecule has 0 amide bonds. The van der Waals surface area contributed by atoms with Gasteiger partial charge in [0, 0.05) is 11.6 Å². The van der Waals surface area contributed by atoms with Gasteiger partial charge in [-0.3, -0.25) is 0 Å². The van der Waals surface area contributed by atoms with Crippen LogP contribution in [0.15, 0.2) is 30.5 Å². The van der Waals surface area contributed by atoms with Crippen molar-refractivity contribution in [1.29, 1.82) is 5.26 Å². The first-order valence-electron chi connectivity index (χ1n) is 4.57. The number of benzene rings is 1. The molecule has 2 aromatic rings. The van der Waals surface area contributed by atoms with Crippen LogP contribution >= 0.6 is 0 Å². The van der Waals surface area contributed by atoms with Crippen molar-refractivity contribution in [3.8, 4) is 6.07 Å². The van der Waals surface area contributed by atoms with Gasteiger partial charge in [0.15, 0.2) is 0 Å². The highest BCUT2D eigenvalue weighted by Crippen LogP contribution is 2.14. The Balaban J connectivity index is 2.52. The fraction of sp³-hybridized carbons (Fsp3) is 0.182. The summed E-state index contributed by atoms with van der Waals surface area (Å²) in [6.07, 6.45) is 1.66. The van der Waals surface area contributed by atoms with Gasteiger partial charge in [0.25, 0.3) is 0 Å². The van der Waals surface area contributed by atoms with Crippen molar-refractivity contribution in [1.82, 2.24) is 9.97 Å². The summed E-state index contributed by atoms with van der Waals surface area (Å²) < 4.78 is 0. The predicted octanol–water partition coefficient (Wildman–Crippen LogP) is 1.23. The van der Waals surface area contributed by atoms with E-state index < -0.39 is 5.92 Å². The molecule has 2 rings (SSSR count). The smallest absolute Gasteiger partial charge is 0.148 e. The van der Waals surface area contributed by atoms with E-state index in [1.165, 1.54) is 0 Å². The minimum absolute atomic E-state index is 0.255. The molecule has 1 atom stereocenters. The summed E-state index contributed by atoms with van der Waals surface area (Å²) in [7, 11) is 0. The van der Waals surface area contributed by atoms with E-state index >= 15 is 0 Å². The maximum absolute atomic E-state index is 8.95. The molecule has 1 aromatic heterocycles. The molecule has 4 heteroatoms. The minimum Gasteiger partial charge on any atom is -0.395 e. The Morgan fingerprint density at radius 2 is 2.20 bits per heavy atom. The second kappa shape index (κ2) is 4.03. The van der Waals surface area contributed by atoms with Crippen molar-refractivity contribution in [3.63, 3.8) is 0 Å². The Bertz CT molecular complexity index is 518. The standard InChI is InChI=1S/C11H9N3O/c12-5-9(7-15)11-13-6-8-3-1-2-4-10(8)14-11/h1-4,6,9,15H,7H2. The maximum Gasteiger partial charge on any atom is 0.148 e. The first-order chi connectivity index (χ1) is 7.35. The Kier molecular flexibility index (Phi) is 2.57. The molecule has 1 unspecified atom stereocenters. The first kappa shape index (κ1) is 9.56. The van der Waals surface area contributed by atoms with Crippen LogP contribution in [0.2, 0.25) is 0 Å². The van der Waals surface area contributed by atoms with Gasteiger partial charge >= 0.3 is 0 Å². The van der Waals surface area contributed by atoms with Crippen molar-refractivity contribution in [2.45, 2.75) is 5.92 Å². The summed E-state index contributed by atoms with van der Waals surface area (Å²) >= 11 is 0. The molecule has 15 heavy (non-hydrogen) atoms. The summed E-state index contributed by atoms with van der Waals surface area (Å²) in [5, 5.41) is 18.6. The van der Waals surface area contributed by atoms with Crippen LogP contribution in [0.3, 0.4) is 0 Å². The zero-order chi connectivity index (χ0) is 10.7. The number of hydrogen-bond acceptors (Lipinski definition) is 4. The van der Waals surface area contributed by atoms with Gasteiger partial charge in [0.05, 0.1) is 18.2 Å². The maximum atomic E-state index is 8.95. The molecule has 1 heterocycles. The monoisotopic (exact) mass is 199 g/mol. The van der Waals surface area contributed by atoms with Crippen LogP contribution < -0.4 is 0 Å². The van der Waals surface area contributed by atoms with E-state index in [4.69, 9.17) is 10.4 Å². The lowest BCUT2D eigenvalue weighted by atomic mass is 10.1. The number of rotatable bonds is 2. The molecule has 0 saturated heterocycles. The number of para-hydroxylation sites is 1. The fourth-order valence-corrected chi connectivity index (χ4v) is 1.33. The van der Waals surface area contributed by atoms with E-state index in [-0.39, 0.29) is 6.61 Å². The highest BCUT2D eigenvalue weighted by Gasteiger charge is 2.12. The molecule has 0 aliphatic heterocycles. The third-order valence-corrected chi connectivity index (χ3v) is 2.16. The zero-order valence-electron chi connectivity index (χ0n) is 7.96. The average Bonchev–Trinajstić information content (AvgIpc) is 2.30. The van der Waals surface area contributed by atoms with E-state index in [1.807, 2.05) is 30.3 Å². The Hall–Kier alpha value is -1.99. The lowest BCUT2D eigenvalue weighted by Gasteiger charge is -2.04. The van der Waals surface area contributed by atoms with E-state index in [2.05, 4.69) is 9.97 Å². The number of hydrogen-bond donors (Lipinski definition) is 1. The molecule has 1 aromatic carbocycles. The molecule has 0 bridgehead atoms.